The third kappa shape index (κ3) is 2.65. The van der Waals surface area contributed by atoms with Crippen LogP contribution in [-0.2, 0) is 11.2 Å². The zero-order valence-electron chi connectivity index (χ0n) is 14.0. The predicted molar refractivity (Wildman–Crippen MR) is 94.4 cm³/mol. The molecule has 0 bridgehead atoms. The molecule has 1 fully saturated rings. The van der Waals surface area contributed by atoms with Crippen LogP contribution >= 0.6 is 0 Å². The van der Waals surface area contributed by atoms with Gasteiger partial charge in [-0.15, -0.1) is 6.42 Å². The molecule has 1 saturated heterocycles. The molecular formula is C19H21N3O2. The quantitative estimate of drug-likeness (QED) is 0.833. The van der Waals surface area contributed by atoms with Crippen molar-refractivity contribution in [1.82, 2.24) is 4.90 Å². The fraction of sp³-hybridized carbons (Fsp3) is 0.368. The summed E-state index contributed by atoms with van der Waals surface area (Å²) in [5.74, 6) is 1.51. The summed E-state index contributed by atoms with van der Waals surface area (Å²) in [5, 5.41) is 3.52. The van der Waals surface area contributed by atoms with Crippen molar-refractivity contribution in [2.75, 3.05) is 18.4 Å². The zero-order chi connectivity index (χ0) is 17.4. The SMILES string of the molecule is C#CC(=O)N1CCC(Nc2ccc(C(N)=O)c3c2C(C)=C(C)C3)C1. The van der Waals surface area contributed by atoms with Gasteiger partial charge in [0.1, 0.15) is 0 Å². The number of terminal acetylenes is 1. The number of primary amides is 1. The van der Waals surface area contributed by atoms with E-state index in [-0.39, 0.29) is 11.9 Å². The van der Waals surface area contributed by atoms with Crippen molar-refractivity contribution in [2.24, 2.45) is 5.73 Å². The minimum absolute atomic E-state index is 0.152. The van der Waals surface area contributed by atoms with Crippen molar-refractivity contribution in [1.29, 1.82) is 0 Å². The highest BCUT2D eigenvalue weighted by Gasteiger charge is 2.28. The van der Waals surface area contributed by atoms with E-state index in [4.69, 9.17) is 12.2 Å². The number of hydrogen-bond acceptors (Lipinski definition) is 3. The molecule has 124 valence electrons. The monoisotopic (exact) mass is 323 g/mol. The van der Waals surface area contributed by atoms with Crippen LogP contribution in [0.3, 0.4) is 0 Å². The van der Waals surface area contributed by atoms with Gasteiger partial charge in [0.2, 0.25) is 5.91 Å². The summed E-state index contributed by atoms with van der Waals surface area (Å²) in [4.78, 5) is 25.0. The molecule has 1 aliphatic heterocycles. The van der Waals surface area contributed by atoms with Crippen molar-refractivity contribution in [2.45, 2.75) is 32.7 Å². The maximum Gasteiger partial charge on any atom is 0.298 e. The highest BCUT2D eigenvalue weighted by Crippen LogP contribution is 2.39. The Hall–Kier alpha value is -2.74. The molecule has 2 aliphatic rings. The lowest BCUT2D eigenvalue weighted by Gasteiger charge is -2.19. The van der Waals surface area contributed by atoms with E-state index in [9.17, 15) is 9.59 Å². The van der Waals surface area contributed by atoms with Gasteiger partial charge < -0.3 is 16.0 Å². The fourth-order valence-electron chi connectivity index (χ4n) is 3.60. The van der Waals surface area contributed by atoms with E-state index in [1.165, 1.54) is 11.1 Å². The van der Waals surface area contributed by atoms with E-state index in [2.05, 4.69) is 25.1 Å². The molecule has 1 heterocycles. The predicted octanol–water partition coefficient (Wildman–Crippen LogP) is 1.78. The van der Waals surface area contributed by atoms with E-state index in [0.29, 0.717) is 18.7 Å². The van der Waals surface area contributed by atoms with Crippen LogP contribution in [0.2, 0.25) is 0 Å². The molecule has 1 aliphatic carbocycles. The zero-order valence-corrected chi connectivity index (χ0v) is 14.0. The van der Waals surface area contributed by atoms with Gasteiger partial charge in [-0.3, -0.25) is 9.59 Å². The minimum Gasteiger partial charge on any atom is -0.380 e. The number of rotatable bonds is 3. The number of allylic oxidation sites excluding steroid dienone is 2. The van der Waals surface area contributed by atoms with Crippen LogP contribution in [0.25, 0.3) is 5.57 Å². The van der Waals surface area contributed by atoms with Gasteiger partial charge >= 0.3 is 0 Å². The fourth-order valence-corrected chi connectivity index (χ4v) is 3.60. The van der Waals surface area contributed by atoms with Crippen molar-refractivity contribution in [3.8, 4) is 12.3 Å². The van der Waals surface area contributed by atoms with Crippen molar-refractivity contribution < 1.29 is 9.59 Å². The van der Waals surface area contributed by atoms with E-state index < -0.39 is 5.91 Å². The Morgan fingerprint density at radius 2 is 2.12 bits per heavy atom. The summed E-state index contributed by atoms with van der Waals surface area (Å²) in [6, 6.07) is 3.85. The molecule has 3 rings (SSSR count). The largest absolute Gasteiger partial charge is 0.380 e. The van der Waals surface area contributed by atoms with Gasteiger partial charge in [-0.05, 0) is 55.9 Å². The maximum atomic E-state index is 11.7. The topological polar surface area (TPSA) is 75.4 Å². The summed E-state index contributed by atoms with van der Waals surface area (Å²) in [5.41, 5.74) is 11.6. The number of fused-ring (bicyclic) bond motifs is 1. The van der Waals surface area contributed by atoms with Crippen molar-refractivity contribution >= 4 is 23.1 Å². The molecule has 3 N–H and O–H groups in total. The van der Waals surface area contributed by atoms with Crippen LogP contribution in [0.1, 0.15) is 41.8 Å². The highest BCUT2D eigenvalue weighted by atomic mass is 16.2. The molecule has 0 saturated carbocycles. The summed E-state index contributed by atoms with van der Waals surface area (Å²) in [7, 11) is 0. The second-order valence-corrected chi connectivity index (χ2v) is 6.49. The Morgan fingerprint density at radius 1 is 1.38 bits per heavy atom. The number of benzene rings is 1. The molecular weight excluding hydrogens is 302 g/mol. The van der Waals surface area contributed by atoms with E-state index >= 15 is 0 Å². The molecule has 1 atom stereocenters. The number of nitrogens with two attached hydrogens (primary N) is 1. The molecule has 0 radical (unpaired) electrons. The average molecular weight is 323 g/mol. The summed E-state index contributed by atoms with van der Waals surface area (Å²) < 4.78 is 0. The number of nitrogens with one attached hydrogen (secondary N) is 1. The average Bonchev–Trinajstić information content (AvgIpc) is 3.12. The molecule has 1 aromatic rings. The molecule has 1 unspecified atom stereocenters. The number of likely N-dealkylation sites (tertiary alicyclic amines) is 1. The standard InChI is InChI=1S/C19H21N3O2/c1-4-17(23)22-8-7-13(10-22)21-16-6-5-14(19(20)24)15-9-11(2)12(3)18(15)16/h1,5-6,13,21H,7-10H2,2-3H3,(H2,20,24). The first kappa shape index (κ1) is 16.1. The van der Waals surface area contributed by atoms with Crippen LogP contribution in [-0.4, -0.2) is 35.8 Å². The van der Waals surface area contributed by atoms with Crippen LogP contribution in [0.15, 0.2) is 17.7 Å². The van der Waals surface area contributed by atoms with E-state index in [0.717, 1.165) is 29.7 Å². The molecule has 1 aromatic carbocycles. The number of carbonyl (C=O) groups is 2. The summed E-state index contributed by atoms with van der Waals surface area (Å²) in [6.07, 6.45) is 6.79. The molecule has 5 heteroatoms. The highest BCUT2D eigenvalue weighted by molar-refractivity contribution is 5.99. The van der Waals surface area contributed by atoms with Crippen LogP contribution in [0.5, 0.6) is 0 Å². The lowest BCUT2D eigenvalue weighted by Crippen LogP contribution is -2.30. The van der Waals surface area contributed by atoms with Gasteiger partial charge in [-0.25, -0.2) is 0 Å². The van der Waals surface area contributed by atoms with E-state index in [1.54, 1.807) is 11.0 Å². The Balaban J connectivity index is 1.88. The number of amides is 2. The smallest absolute Gasteiger partial charge is 0.298 e. The van der Waals surface area contributed by atoms with Crippen molar-refractivity contribution in [3.05, 3.63) is 34.4 Å². The molecule has 0 spiro atoms. The second kappa shape index (κ2) is 6.04. The third-order valence-electron chi connectivity index (χ3n) is 4.99. The van der Waals surface area contributed by atoms with Gasteiger partial charge in [0.15, 0.2) is 0 Å². The van der Waals surface area contributed by atoms with Crippen LogP contribution < -0.4 is 11.1 Å². The van der Waals surface area contributed by atoms with Crippen molar-refractivity contribution in [3.63, 3.8) is 0 Å². The first-order valence-corrected chi connectivity index (χ1v) is 8.06. The first-order chi connectivity index (χ1) is 11.4. The third-order valence-corrected chi connectivity index (χ3v) is 4.99. The second-order valence-electron chi connectivity index (χ2n) is 6.49. The van der Waals surface area contributed by atoms with Gasteiger partial charge in [0.25, 0.3) is 5.91 Å². The van der Waals surface area contributed by atoms with E-state index in [1.807, 2.05) is 6.07 Å². The Kier molecular flexibility index (Phi) is 4.06. The summed E-state index contributed by atoms with van der Waals surface area (Å²) >= 11 is 0. The number of anilines is 1. The normalized spacial score (nSPS) is 19.2. The van der Waals surface area contributed by atoms with Crippen LogP contribution in [0.4, 0.5) is 5.69 Å². The Bertz CT molecular complexity index is 802. The van der Waals surface area contributed by atoms with Gasteiger partial charge in [0.05, 0.1) is 0 Å². The van der Waals surface area contributed by atoms with Crippen LogP contribution in [0, 0.1) is 12.3 Å². The Morgan fingerprint density at radius 3 is 2.79 bits per heavy atom. The first-order valence-electron chi connectivity index (χ1n) is 8.06. The Labute approximate surface area is 141 Å². The molecule has 0 aromatic heterocycles. The molecule has 5 nitrogen and oxygen atoms in total. The van der Waals surface area contributed by atoms with Gasteiger partial charge in [-0.2, -0.15) is 0 Å². The minimum atomic E-state index is -0.396. The summed E-state index contributed by atoms with van der Waals surface area (Å²) in [6.45, 7) is 5.40. The molecule has 2 amide bonds. The molecule has 24 heavy (non-hydrogen) atoms. The lowest BCUT2D eigenvalue weighted by atomic mass is 9.97. The number of hydrogen-bond donors (Lipinski definition) is 2. The van der Waals surface area contributed by atoms with Gasteiger partial charge in [0, 0.05) is 35.9 Å². The number of carbonyl (C=O) groups excluding carboxylic acids is 2. The number of nitrogens with zero attached hydrogens (tertiary/aromatic N) is 1. The maximum absolute atomic E-state index is 11.7. The lowest BCUT2D eigenvalue weighted by molar-refractivity contribution is -0.124. The van der Waals surface area contributed by atoms with Gasteiger partial charge in [-0.1, -0.05) is 5.57 Å².